The standard InChI is InChI=1S/C14H10BrFO2/c1-18-14(17)12-10(7-8-11(15)13(12)16)9-5-3-2-4-6-9/h2-8H,1H3. The molecule has 0 saturated carbocycles. The summed E-state index contributed by atoms with van der Waals surface area (Å²) in [5.74, 6) is -1.30. The minimum atomic E-state index is -0.687. The van der Waals surface area contributed by atoms with Crippen molar-refractivity contribution in [2.75, 3.05) is 7.11 Å². The molecule has 0 fully saturated rings. The molecule has 0 unspecified atom stereocenters. The van der Waals surface area contributed by atoms with E-state index < -0.39 is 11.8 Å². The molecule has 2 nitrogen and oxygen atoms in total. The van der Waals surface area contributed by atoms with Crippen molar-refractivity contribution in [3.8, 4) is 11.1 Å². The molecular formula is C14H10BrFO2. The number of halogens is 2. The number of hydrogen-bond donors (Lipinski definition) is 0. The van der Waals surface area contributed by atoms with E-state index in [0.29, 0.717) is 5.56 Å². The van der Waals surface area contributed by atoms with E-state index in [9.17, 15) is 9.18 Å². The van der Waals surface area contributed by atoms with E-state index in [-0.39, 0.29) is 10.0 Å². The van der Waals surface area contributed by atoms with Crippen molar-refractivity contribution in [3.63, 3.8) is 0 Å². The van der Waals surface area contributed by atoms with Gasteiger partial charge in [-0.15, -0.1) is 0 Å². The van der Waals surface area contributed by atoms with Crippen LogP contribution in [0.2, 0.25) is 0 Å². The molecule has 0 amide bonds. The summed E-state index contributed by atoms with van der Waals surface area (Å²) in [5, 5.41) is 0. The maximum Gasteiger partial charge on any atom is 0.341 e. The van der Waals surface area contributed by atoms with Gasteiger partial charge in [0.1, 0.15) is 5.56 Å². The largest absolute Gasteiger partial charge is 0.465 e. The van der Waals surface area contributed by atoms with E-state index in [1.807, 2.05) is 30.3 Å². The molecule has 4 heteroatoms. The molecule has 0 aliphatic heterocycles. The highest BCUT2D eigenvalue weighted by Crippen LogP contribution is 2.30. The van der Waals surface area contributed by atoms with Crippen molar-refractivity contribution in [3.05, 3.63) is 58.3 Å². The van der Waals surface area contributed by atoms with Crippen LogP contribution in [0.25, 0.3) is 11.1 Å². The average Bonchev–Trinajstić information content (AvgIpc) is 2.42. The third-order valence-corrected chi connectivity index (χ3v) is 3.18. The van der Waals surface area contributed by atoms with Gasteiger partial charge in [0, 0.05) is 0 Å². The Morgan fingerprint density at radius 3 is 2.44 bits per heavy atom. The summed E-state index contributed by atoms with van der Waals surface area (Å²) >= 11 is 3.07. The van der Waals surface area contributed by atoms with Gasteiger partial charge in [-0.2, -0.15) is 0 Å². The lowest BCUT2D eigenvalue weighted by atomic mass is 9.99. The highest BCUT2D eigenvalue weighted by Gasteiger charge is 2.20. The lowest BCUT2D eigenvalue weighted by Gasteiger charge is -2.10. The van der Waals surface area contributed by atoms with Crippen molar-refractivity contribution in [2.24, 2.45) is 0 Å². The first-order chi connectivity index (χ1) is 8.65. The second-order valence-corrected chi connectivity index (χ2v) is 4.50. The van der Waals surface area contributed by atoms with E-state index in [1.54, 1.807) is 12.1 Å². The fourth-order valence-corrected chi connectivity index (χ4v) is 2.04. The molecule has 0 aliphatic rings. The zero-order valence-corrected chi connectivity index (χ0v) is 11.2. The van der Waals surface area contributed by atoms with Crippen LogP contribution in [0.3, 0.4) is 0 Å². The first kappa shape index (κ1) is 12.8. The van der Waals surface area contributed by atoms with Crippen molar-refractivity contribution >= 4 is 21.9 Å². The number of carbonyl (C=O) groups is 1. The fraction of sp³-hybridized carbons (Fsp3) is 0.0714. The van der Waals surface area contributed by atoms with Crippen molar-refractivity contribution in [1.82, 2.24) is 0 Å². The van der Waals surface area contributed by atoms with Gasteiger partial charge in [0.2, 0.25) is 0 Å². The normalized spacial score (nSPS) is 10.2. The number of benzene rings is 2. The molecule has 0 radical (unpaired) electrons. The quantitative estimate of drug-likeness (QED) is 0.783. The Labute approximate surface area is 113 Å². The first-order valence-corrected chi connectivity index (χ1v) is 6.06. The smallest absolute Gasteiger partial charge is 0.341 e. The molecule has 92 valence electrons. The minimum Gasteiger partial charge on any atom is -0.465 e. The molecule has 2 aromatic rings. The van der Waals surface area contributed by atoms with Gasteiger partial charge in [0.25, 0.3) is 0 Å². The Balaban J connectivity index is 2.68. The zero-order valence-electron chi connectivity index (χ0n) is 9.61. The van der Waals surface area contributed by atoms with Gasteiger partial charge in [0.15, 0.2) is 5.82 Å². The summed E-state index contributed by atoms with van der Waals surface area (Å²) in [5.41, 5.74) is 1.23. The van der Waals surface area contributed by atoms with Crippen LogP contribution in [-0.2, 0) is 4.74 Å². The van der Waals surface area contributed by atoms with Crippen LogP contribution in [0.5, 0.6) is 0 Å². The lowest BCUT2D eigenvalue weighted by Crippen LogP contribution is -2.07. The number of hydrogen-bond acceptors (Lipinski definition) is 2. The number of esters is 1. The molecule has 0 bridgehead atoms. The zero-order chi connectivity index (χ0) is 13.1. The molecule has 2 aromatic carbocycles. The van der Waals surface area contributed by atoms with Crippen LogP contribution in [0, 0.1) is 5.82 Å². The third-order valence-electron chi connectivity index (χ3n) is 2.57. The molecule has 0 aliphatic carbocycles. The Morgan fingerprint density at radius 1 is 1.17 bits per heavy atom. The summed E-state index contributed by atoms with van der Waals surface area (Å²) in [6.07, 6.45) is 0. The van der Waals surface area contributed by atoms with Gasteiger partial charge in [-0.25, -0.2) is 9.18 Å². The SMILES string of the molecule is COC(=O)c1c(-c2ccccc2)ccc(Br)c1F. The number of methoxy groups -OCH3 is 1. The predicted octanol–water partition coefficient (Wildman–Crippen LogP) is 4.04. The topological polar surface area (TPSA) is 26.3 Å². The highest BCUT2D eigenvalue weighted by atomic mass is 79.9. The molecule has 0 spiro atoms. The van der Waals surface area contributed by atoms with Gasteiger partial charge in [0.05, 0.1) is 11.6 Å². The molecule has 0 saturated heterocycles. The molecule has 0 aromatic heterocycles. The summed E-state index contributed by atoms with van der Waals surface area (Å²) in [4.78, 5) is 11.7. The maximum absolute atomic E-state index is 14.0. The van der Waals surface area contributed by atoms with Crippen LogP contribution in [-0.4, -0.2) is 13.1 Å². The van der Waals surface area contributed by atoms with Crippen molar-refractivity contribution < 1.29 is 13.9 Å². The van der Waals surface area contributed by atoms with Gasteiger partial charge in [-0.3, -0.25) is 0 Å². The van der Waals surface area contributed by atoms with Gasteiger partial charge < -0.3 is 4.74 Å². The monoisotopic (exact) mass is 308 g/mol. The Morgan fingerprint density at radius 2 is 1.83 bits per heavy atom. The molecule has 0 heterocycles. The maximum atomic E-state index is 14.0. The lowest BCUT2D eigenvalue weighted by molar-refractivity contribution is 0.0596. The van der Waals surface area contributed by atoms with Crippen LogP contribution < -0.4 is 0 Å². The van der Waals surface area contributed by atoms with Crippen LogP contribution in [0.1, 0.15) is 10.4 Å². The number of ether oxygens (including phenoxy) is 1. The third kappa shape index (κ3) is 2.29. The summed E-state index contributed by atoms with van der Waals surface area (Å²) in [7, 11) is 1.23. The van der Waals surface area contributed by atoms with E-state index >= 15 is 0 Å². The van der Waals surface area contributed by atoms with Crippen LogP contribution >= 0.6 is 15.9 Å². The van der Waals surface area contributed by atoms with Gasteiger partial charge in [-0.1, -0.05) is 36.4 Å². The second kappa shape index (κ2) is 5.31. The van der Waals surface area contributed by atoms with E-state index in [1.165, 1.54) is 7.11 Å². The first-order valence-electron chi connectivity index (χ1n) is 5.27. The van der Waals surface area contributed by atoms with E-state index in [0.717, 1.165) is 5.56 Å². The minimum absolute atomic E-state index is 0.0573. The summed E-state index contributed by atoms with van der Waals surface area (Å²) < 4.78 is 18.9. The van der Waals surface area contributed by atoms with Crippen molar-refractivity contribution in [2.45, 2.75) is 0 Å². The molecular weight excluding hydrogens is 299 g/mol. The van der Waals surface area contributed by atoms with E-state index in [4.69, 9.17) is 0 Å². The average molecular weight is 309 g/mol. The molecule has 18 heavy (non-hydrogen) atoms. The van der Waals surface area contributed by atoms with E-state index in [2.05, 4.69) is 20.7 Å². The predicted molar refractivity (Wildman–Crippen MR) is 70.9 cm³/mol. The summed E-state index contributed by atoms with van der Waals surface area (Å²) in [6.45, 7) is 0. The summed E-state index contributed by atoms with van der Waals surface area (Å²) in [6, 6.07) is 12.4. The van der Waals surface area contributed by atoms with Gasteiger partial charge >= 0.3 is 5.97 Å². The Kier molecular flexibility index (Phi) is 3.77. The Bertz CT molecular complexity index is 582. The number of rotatable bonds is 2. The second-order valence-electron chi connectivity index (χ2n) is 3.64. The van der Waals surface area contributed by atoms with Gasteiger partial charge in [-0.05, 0) is 33.1 Å². The van der Waals surface area contributed by atoms with Crippen molar-refractivity contribution in [1.29, 1.82) is 0 Å². The molecule has 0 atom stereocenters. The van der Waals surface area contributed by atoms with Crippen LogP contribution in [0.4, 0.5) is 4.39 Å². The number of carbonyl (C=O) groups excluding carboxylic acids is 1. The Hall–Kier alpha value is -1.68. The van der Waals surface area contributed by atoms with Crippen LogP contribution in [0.15, 0.2) is 46.9 Å². The molecule has 2 rings (SSSR count). The fourth-order valence-electron chi connectivity index (χ4n) is 1.71. The molecule has 0 N–H and O–H groups in total. The highest BCUT2D eigenvalue weighted by molar-refractivity contribution is 9.10.